The molecular formula is C9H6ClF3O5S. The molecule has 1 aromatic rings. The van der Waals surface area contributed by atoms with Gasteiger partial charge in [0.15, 0.2) is 0 Å². The normalized spacial score (nSPS) is 13.1. The molecule has 0 spiro atoms. The van der Waals surface area contributed by atoms with Crippen molar-refractivity contribution in [3.63, 3.8) is 0 Å². The minimum atomic E-state index is -4.63. The van der Waals surface area contributed by atoms with Crippen LogP contribution in [0.1, 0.15) is 15.9 Å². The Hall–Kier alpha value is -1.16. The Morgan fingerprint density at radius 2 is 2.05 bits per heavy atom. The number of hydrogen-bond donors (Lipinski definition) is 1. The van der Waals surface area contributed by atoms with Crippen LogP contribution in [0.2, 0.25) is 5.02 Å². The summed E-state index contributed by atoms with van der Waals surface area (Å²) in [5, 5.41) is -0.659. The summed E-state index contributed by atoms with van der Waals surface area (Å²) in [7, 11) is 0. The molecular weight excluding hydrogens is 313 g/mol. The maximum absolute atomic E-state index is 12.4. The molecule has 0 fully saturated rings. The molecule has 10 heteroatoms. The van der Waals surface area contributed by atoms with Gasteiger partial charge in [0, 0.05) is 0 Å². The van der Waals surface area contributed by atoms with Crippen molar-refractivity contribution in [1.82, 2.24) is 0 Å². The van der Waals surface area contributed by atoms with Crippen molar-refractivity contribution >= 4 is 28.9 Å². The summed E-state index contributed by atoms with van der Waals surface area (Å²) in [5.74, 6) is -1.04. The Kier molecular flexibility index (Phi) is 5.29. The van der Waals surface area contributed by atoms with E-state index in [1.807, 2.05) is 0 Å². The second kappa shape index (κ2) is 6.33. The van der Waals surface area contributed by atoms with Gasteiger partial charge in [0.05, 0.1) is 16.1 Å². The topological polar surface area (TPSA) is 72.8 Å². The maximum atomic E-state index is 12.4. The quantitative estimate of drug-likeness (QED) is 0.525. The Labute approximate surface area is 112 Å². The van der Waals surface area contributed by atoms with Crippen LogP contribution in [0.15, 0.2) is 18.2 Å². The summed E-state index contributed by atoms with van der Waals surface area (Å²) in [4.78, 5) is 11.3. The third kappa shape index (κ3) is 4.78. The van der Waals surface area contributed by atoms with Crippen LogP contribution in [0.3, 0.4) is 0 Å². The van der Waals surface area contributed by atoms with E-state index in [1.54, 1.807) is 0 Å². The maximum Gasteiger partial charge on any atom is 0.417 e. The van der Waals surface area contributed by atoms with E-state index in [0.717, 1.165) is 12.1 Å². The molecule has 1 atom stereocenters. The number of hydrogen-bond acceptors (Lipinski definition) is 4. The van der Waals surface area contributed by atoms with Crippen molar-refractivity contribution in [2.45, 2.75) is 6.18 Å². The van der Waals surface area contributed by atoms with Crippen molar-refractivity contribution < 1.29 is 35.6 Å². The van der Waals surface area contributed by atoms with Crippen LogP contribution in [0, 0.1) is 0 Å². The average Bonchev–Trinajstić information content (AvgIpc) is 2.26. The van der Waals surface area contributed by atoms with Crippen LogP contribution in [0.4, 0.5) is 13.2 Å². The molecule has 0 aliphatic carbocycles. The number of rotatable bonds is 4. The lowest BCUT2D eigenvalue weighted by Crippen LogP contribution is -2.11. The highest BCUT2D eigenvalue weighted by Gasteiger charge is 2.33. The zero-order chi connectivity index (χ0) is 14.6. The smallest absolute Gasteiger partial charge is 0.417 e. The first-order chi connectivity index (χ1) is 8.71. The van der Waals surface area contributed by atoms with E-state index in [-0.39, 0.29) is 5.56 Å². The molecule has 0 radical (unpaired) electrons. The Morgan fingerprint density at radius 3 is 2.53 bits per heavy atom. The van der Waals surface area contributed by atoms with E-state index in [9.17, 15) is 22.2 Å². The first-order valence-electron chi connectivity index (χ1n) is 4.50. The monoisotopic (exact) mass is 318 g/mol. The van der Waals surface area contributed by atoms with Gasteiger partial charge in [0.2, 0.25) is 6.79 Å². The van der Waals surface area contributed by atoms with Gasteiger partial charge in [-0.05, 0) is 18.2 Å². The lowest BCUT2D eigenvalue weighted by Gasteiger charge is -2.10. The Balaban J connectivity index is 2.78. The van der Waals surface area contributed by atoms with Gasteiger partial charge in [0.1, 0.15) is 0 Å². The molecule has 0 bridgehead atoms. The van der Waals surface area contributed by atoms with Gasteiger partial charge in [-0.15, -0.1) is 0 Å². The summed E-state index contributed by atoms with van der Waals surface area (Å²) in [6, 6.07) is 2.28. The molecule has 0 aromatic heterocycles. The fourth-order valence-electron chi connectivity index (χ4n) is 1.07. The average molecular weight is 319 g/mol. The van der Waals surface area contributed by atoms with E-state index >= 15 is 0 Å². The minimum Gasteiger partial charge on any atom is -0.434 e. The third-order valence-electron chi connectivity index (χ3n) is 1.85. The number of benzene rings is 1. The standard InChI is InChI=1S/C9H6ClF3O5S/c10-7-3-5(1-2-6(7)9(11,12)13)8(14)17-4-18-19(15)16/h1-3H,4H2,(H,15,16). The lowest BCUT2D eigenvalue weighted by molar-refractivity contribution is -0.137. The Morgan fingerprint density at radius 1 is 1.42 bits per heavy atom. The second-order valence-electron chi connectivity index (χ2n) is 3.08. The van der Waals surface area contributed by atoms with Crippen LogP contribution in [-0.2, 0) is 26.5 Å². The molecule has 1 unspecified atom stereocenters. The van der Waals surface area contributed by atoms with Crippen LogP contribution < -0.4 is 0 Å². The highest BCUT2D eigenvalue weighted by atomic mass is 35.5. The molecule has 0 aliphatic rings. The summed E-state index contributed by atoms with van der Waals surface area (Å²) in [5.41, 5.74) is -1.33. The molecule has 1 rings (SSSR count). The highest BCUT2D eigenvalue weighted by Crippen LogP contribution is 2.34. The SMILES string of the molecule is O=C(OCOS(=O)O)c1ccc(C(F)(F)F)c(Cl)c1. The molecule has 0 saturated heterocycles. The van der Waals surface area contributed by atoms with E-state index in [0.29, 0.717) is 6.07 Å². The summed E-state index contributed by atoms with van der Waals surface area (Å²) in [6.45, 7) is -0.819. The van der Waals surface area contributed by atoms with Crippen molar-refractivity contribution in [1.29, 1.82) is 0 Å². The van der Waals surface area contributed by atoms with Crippen molar-refractivity contribution in [3.8, 4) is 0 Å². The van der Waals surface area contributed by atoms with Crippen LogP contribution in [0.5, 0.6) is 0 Å². The minimum absolute atomic E-state index is 0.245. The molecule has 1 aromatic carbocycles. The lowest BCUT2D eigenvalue weighted by atomic mass is 10.1. The first kappa shape index (κ1) is 15.9. The van der Waals surface area contributed by atoms with Crippen molar-refractivity contribution in [3.05, 3.63) is 34.3 Å². The first-order valence-corrected chi connectivity index (χ1v) is 5.91. The van der Waals surface area contributed by atoms with Gasteiger partial charge < -0.3 is 4.74 Å². The predicted molar refractivity (Wildman–Crippen MR) is 58.6 cm³/mol. The predicted octanol–water partition coefficient (Wildman–Crippen LogP) is 2.63. The van der Waals surface area contributed by atoms with Gasteiger partial charge in [-0.1, -0.05) is 11.6 Å². The van der Waals surface area contributed by atoms with E-state index in [2.05, 4.69) is 8.92 Å². The summed E-state index contributed by atoms with van der Waals surface area (Å²) >= 11 is 2.78. The Bertz CT molecular complexity index is 505. The highest BCUT2D eigenvalue weighted by molar-refractivity contribution is 7.74. The van der Waals surface area contributed by atoms with Crippen molar-refractivity contribution in [2.75, 3.05) is 6.79 Å². The molecule has 5 nitrogen and oxygen atoms in total. The summed E-state index contributed by atoms with van der Waals surface area (Å²) in [6.07, 6.45) is -4.63. The zero-order valence-electron chi connectivity index (χ0n) is 8.94. The molecule has 0 heterocycles. The van der Waals surface area contributed by atoms with Gasteiger partial charge in [-0.2, -0.15) is 17.4 Å². The number of halogens is 4. The number of esters is 1. The molecule has 0 amide bonds. The molecule has 1 N–H and O–H groups in total. The largest absolute Gasteiger partial charge is 0.434 e. The number of carbonyl (C=O) groups excluding carboxylic acids is 1. The van der Waals surface area contributed by atoms with Crippen LogP contribution in [0.25, 0.3) is 0 Å². The van der Waals surface area contributed by atoms with Gasteiger partial charge >= 0.3 is 23.5 Å². The fourth-order valence-corrected chi connectivity index (χ4v) is 1.49. The van der Waals surface area contributed by atoms with Crippen LogP contribution >= 0.6 is 11.6 Å². The molecule has 19 heavy (non-hydrogen) atoms. The van der Waals surface area contributed by atoms with E-state index < -0.39 is 40.9 Å². The molecule has 106 valence electrons. The van der Waals surface area contributed by atoms with Gasteiger partial charge in [0.25, 0.3) is 0 Å². The number of ether oxygens (including phenoxy) is 1. The molecule has 0 saturated carbocycles. The van der Waals surface area contributed by atoms with Crippen molar-refractivity contribution in [2.24, 2.45) is 0 Å². The number of carbonyl (C=O) groups is 1. The third-order valence-corrected chi connectivity index (χ3v) is 2.46. The van der Waals surface area contributed by atoms with E-state index in [4.69, 9.17) is 16.2 Å². The zero-order valence-corrected chi connectivity index (χ0v) is 10.5. The van der Waals surface area contributed by atoms with Gasteiger partial charge in [-0.25, -0.2) is 8.98 Å². The van der Waals surface area contributed by atoms with Crippen LogP contribution in [-0.4, -0.2) is 21.5 Å². The second-order valence-corrected chi connectivity index (χ2v) is 4.15. The summed E-state index contributed by atoms with van der Waals surface area (Å²) < 4.78 is 63.8. The fraction of sp³-hybridized carbons (Fsp3) is 0.222. The molecule has 0 aliphatic heterocycles. The van der Waals surface area contributed by atoms with E-state index in [1.165, 1.54) is 0 Å². The number of alkyl halides is 3. The van der Waals surface area contributed by atoms with Gasteiger partial charge in [-0.3, -0.25) is 4.55 Å².